The molecule has 0 aliphatic carbocycles. The van der Waals surface area contributed by atoms with Crippen LogP contribution in [0.2, 0.25) is 5.02 Å². The van der Waals surface area contributed by atoms with Gasteiger partial charge in [0, 0.05) is 10.7 Å². The lowest BCUT2D eigenvalue weighted by atomic mass is 10.1. The summed E-state index contributed by atoms with van der Waals surface area (Å²) in [5, 5.41) is 13.2. The molecule has 2 aromatic rings. The van der Waals surface area contributed by atoms with Gasteiger partial charge in [0.1, 0.15) is 12.4 Å². The molecular weight excluding hydrogens is 282 g/mol. The lowest BCUT2D eigenvalue weighted by Crippen LogP contribution is -2.35. The van der Waals surface area contributed by atoms with Crippen molar-refractivity contribution in [1.82, 2.24) is 14.8 Å². The molecule has 3 rings (SSSR count). The Morgan fingerprint density at radius 3 is 3.15 bits per heavy atom. The third kappa shape index (κ3) is 2.35. The summed E-state index contributed by atoms with van der Waals surface area (Å²) in [6.07, 6.45) is 1.45. The third-order valence-electron chi connectivity index (χ3n) is 2.93. The highest BCUT2D eigenvalue weighted by molar-refractivity contribution is 6.30. The van der Waals surface area contributed by atoms with Gasteiger partial charge in [-0.3, -0.25) is 19.5 Å². The minimum Gasteiger partial charge on any atom is -0.324 e. The molecule has 2 amide bonds. The Labute approximate surface area is 118 Å². The maximum Gasteiger partial charge on any atom is 0.248 e. The summed E-state index contributed by atoms with van der Waals surface area (Å²) in [5.41, 5.74) is 0.572. The van der Waals surface area contributed by atoms with Crippen molar-refractivity contribution < 1.29 is 9.59 Å². The first-order valence-electron chi connectivity index (χ1n) is 5.89. The van der Waals surface area contributed by atoms with Gasteiger partial charge in [0.15, 0.2) is 0 Å². The van der Waals surface area contributed by atoms with E-state index in [1.54, 1.807) is 24.3 Å². The van der Waals surface area contributed by atoms with Crippen LogP contribution < -0.4 is 10.6 Å². The van der Waals surface area contributed by atoms with Gasteiger partial charge in [0.05, 0.1) is 6.42 Å². The second-order valence-corrected chi connectivity index (χ2v) is 4.77. The molecule has 0 radical (unpaired) electrons. The summed E-state index contributed by atoms with van der Waals surface area (Å²) in [6.45, 7) is 0. The molecule has 8 heteroatoms. The molecule has 2 heterocycles. The van der Waals surface area contributed by atoms with E-state index in [9.17, 15) is 9.59 Å². The Morgan fingerprint density at radius 2 is 2.35 bits per heavy atom. The molecule has 1 aromatic heterocycles. The van der Waals surface area contributed by atoms with Gasteiger partial charge in [0.25, 0.3) is 0 Å². The van der Waals surface area contributed by atoms with Gasteiger partial charge in [-0.2, -0.15) is 0 Å². The third-order valence-corrected chi connectivity index (χ3v) is 3.17. The molecule has 7 nitrogen and oxygen atoms in total. The van der Waals surface area contributed by atoms with Crippen molar-refractivity contribution in [3.8, 4) is 0 Å². The fourth-order valence-electron chi connectivity index (χ4n) is 2.02. The van der Waals surface area contributed by atoms with Gasteiger partial charge in [-0.05, 0) is 18.2 Å². The van der Waals surface area contributed by atoms with Crippen LogP contribution in [0.25, 0.3) is 0 Å². The molecule has 0 saturated heterocycles. The van der Waals surface area contributed by atoms with E-state index in [2.05, 4.69) is 20.8 Å². The average Bonchev–Trinajstić information content (AvgIpc) is 2.85. The summed E-state index contributed by atoms with van der Waals surface area (Å²) < 4.78 is 1.53. The number of aromatic nitrogens is 3. The highest BCUT2D eigenvalue weighted by Crippen LogP contribution is 2.24. The molecule has 1 aliphatic rings. The van der Waals surface area contributed by atoms with Crippen LogP contribution in [0.1, 0.15) is 12.5 Å². The van der Waals surface area contributed by atoms with Crippen LogP contribution >= 0.6 is 11.6 Å². The molecular formula is C12H10ClN5O2. The highest BCUT2D eigenvalue weighted by atomic mass is 35.5. The summed E-state index contributed by atoms with van der Waals surface area (Å²) in [6, 6.07) is 6.13. The van der Waals surface area contributed by atoms with Gasteiger partial charge in [0.2, 0.25) is 17.8 Å². The molecule has 20 heavy (non-hydrogen) atoms. The van der Waals surface area contributed by atoms with Gasteiger partial charge in [-0.1, -0.05) is 17.7 Å². The number of fused-ring (bicyclic) bond motifs is 1. The first-order valence-corrected chi connectivity index (χ1v) is 6.27. The Balaban J connectivity index is 1.83. The number of hydrogen-bond acceptors (Lipinski definition) is 4. The number of nitrogens with zero attached hydrogens (tertiary/aromatic N) is 3. The summed E-state index contributed by atoms with van der Waals surface area (Å²) in [5.74, 6) is -0.313. The maximum absolute atomic E-state index is 12.3. The van der Waals surface area contributed by atoms with E-state index in [0.29, 0.717) is 10.7 Å². The van der Waals surface area contributed by atoms with E-state index >= 15 is 0 Å². The van der Waals surface area contributed by atoms with Crippen molar-refractivity contribution in [3.05, 3.63) is 35.6 Å². The largest absolute Gasteiger partial charge is 0.324 e. The van der Waals surface area contributed by atoms with E-state index in [0.717, 1.165) is 0 Å². The van der Waals surface area contributed by atoms with Crippen LogP contribution in [-0.2, 0) is 9.59 Å². The van der Waals surface area contributed by atoms with Crippen molar-refractivity contribution in [3.63, 3.8) is 0 Å². The summed E-state index contributed by atoms with van der Waals surface area (Å²) in [7, 11) is 0. The Hall–Kier alpha value is -2.41. The molecule has 0 fully saturated rings. The summed E-state index contributed by atoms with van der Waals surface area (Å²) >= 11 is 5.86. The van der Waals surface area contributed by atoms with Gasteiger partial charge >= 0.3 is 0 Å². The lowest BCUT2D eigenvalue weighted by Gasteiger charge is -2.23. The van der Waals surface area contributed by atoms with Crippen LogP contribution in [0.5, 0.6) is 0 Å². The van der Waals surface area contributed by atoms with E-state index in [1.165, 1.54) is 10.9 Å². The number of hydrogen-bond donors (Lipinski definition) is 2. The quantitative estimate of drug-likeness (QED) is 0.876. The topological polar surface area (TPSA) is 88.9 Å². The van der Waals surface area contributed by atoms with Gasteiger partial charge in [-0.25, -0.2) is 0 Å². The number of benzene rings is 1. The van der Waals surface area contributed by atoms with E-state index < -0.39 is 6.04 Å². The minimum atomic E-state index is -0.673. The predicted octanol–water partition coefficient (Wildman–Crippen LogP) is 1.45. The first-order chi connectivity index (χ1) is 9.63. The minimum absolute atomic E-state index is 0.0391. The zero-order valence-electron chi connectivity index (χ0n) is 10.2. The standard InChI is InChI=1S/C12H10ClN5O2/c13-7-2-1-3-8(4-7)15-11(20)9-5-10(19)16-12-17-14-6-18(9)12/h1-4,6,9H,5H2,(H,15,20)(H,16,17,19)/t9-/m1/s1. The normalized spacial score (nSPS) is 17.2. The molecule has 1 atom stereocenters. The molecule has 0 bridgehead atoms. The maximum atomic E-state index is 12.3. The zero-order chi connectivity index (χ0) is 14.1. The Morgan fingerprint density at radius 1 is 1.50 bits per heavy atom. The van der Waals surface area contributed by atoms with Crippen molar-refractivity contribution in [2.24, 2.45) is 0 Å². The van der Waals surface area contributed by atoms with Crippen LogP contribution in [-0.4, -0.2) is 26.6 Å². The van der Waals surface area contributed by atoms with Crippen LogP contribution in [0.15, 0.2) is 30.6 Å². The van der Waals surface area contributed by atoms with Crippen molar-refractivity contribution in [2.75, 3.05) is 10.6 Å². The molecule has 1 aromatic carbocycles. The number of carbonyl (C=O) groups excluding carboxylic acids is 2. The van der Waals surface area contributed by atoms with Crippen LogP contribution in [0.3, 0.4) is 0 Å². The average molecular weight is 292 g/mol. The fraction of sp³-hybridized carbons (Fsp3) is 0.167. The monoisotopic (exact) mass is 291 g/mol. The number of anilines is 2. The van der Waals surface area contributed by atoms with E-state index in [4.69, 9.17) is 11.6 Å². The van der Waals surface area contributed by atoms with E-state index in [-0.39, 0.29) is 24.2 Å². The second-order valence-electron chi connectivity index (χ2n) is 4.33. The molecule has 102 valence electrons. The lowest BCUT2D eigenvalue weighted by molar-refractivity contribution is -0.125. The fourth-order valence-corrected chi connectivity index (χ4v) is 2.21. The number of nitrogens with one attached hydrogen (secondary N) is 2. The van der Waals surface area contributed by atoms with Gasteiger partial charge in [-0.15, -0.1) is 10.2 Å². The van der Waals surface area contributed by atoms with Crippen molar-refractivity contribution >= 4 is 35.1 Å². The number of rotatable bonds is 2. The molecule has 0 unspecified atom stereocenters. The molecule has 2 N–H and O–H groups in total. The zero-order valence-corrected chi connectivity index (χ0v) is 11.0. The Kier molecular flexibility index (Phi) is 3.11. The van der Waals surface area contributed by atoms with Gasteiger partial charge < -0.3 is 5.32 Å². The first kappa shape index (κ1) is 12.6. The predicted molar refractivity (Wildman–Crippen MR) is 72.4 cm³/mol. The number of halogens is 1. The van der Waals surface area contributed by atoms with Crippen molar-refractivity contribution in [1.29, 1.82) is 0 Å². The van der Waals surface area contributed by atoms with Crippen molar-refractivity contribution in [2.45, 2.75) is 12.5 Å². The Bertz CT molecular complexity index is 684. The molecule has 0 saturated carbocycles. The van der Waals surface area contributed by atoms with Crippen LogP contribution in [0, 0.1) is 0 Å². The number of carbonyl (C=O) groups is 2. The van der Waals surface area contributed by atoms with E-state index in [1.807, 2.05) is 0 Å². The highest BCUT2D eigenvalue weighted by Gasteiger charge is 2.31. The number of amides is 2. The smallest absolute Gasteiger partial charge is 0.248 e. The van der Waals surface area contributed by atoms with Crippen LogP contribution in [0.4, 0.5) is 11.6 Å². The second kappa shape index (κ2) is 4.93. The SMILES string of the molecule is O=C1C[C@H](C(=O)Nc2cccc(Cl)c2)n2cnnc2N1. The summed E-state index contributed by atoms with van der Waals surface area (Å²) in [4.78, 5) is 23.8. The molecule has 1 aliphatic heterocycles. The molecule has 0 spiro atoms.